The van der Waals surface area contributed by atoms with Crippen LogP contribution in [0.4, 0.5) is 5.82 Å². The summed E-state index contributed by atoms with van der Waals surface area (Å²) < 4.78 is 33.1. The van der Waals surface area contributed by atoms with Crippen molar-refractivity contribution in [1.82, 2.24) is 28.9 Å². The number of hydrogen-bond donors (Lipinski definition) is 1. The highest BCUT2D eigenvalue weighted by atomic mass is 32.2. The molecule has 0 unspecified atom stereocenters. The van der Waals surface area contributed by atoms with Crippen LogP contribution >= 0.6 is 0 Å². The van der Waals surface area contributed by atoms with Crippen molar-refractivity contribution >= 4 is 27.5 Å². The number of aromatic nitrogens is 6. The van der Waals surface area contributed by atoms with E-state index >= 15 is 0 Å². The number of ketones is 1. The summed E-state index contributed by atoms with van der Waals surface area (Å²) in [5.41, 5.74) is 1.53. The lowest BCUT2D eigenvalue weighted by molar-refractivity contribution is -0.114. The van der Waals surface area contributed by atoms with E-state index < -0.39 is 10.0 Å². The van der Waals surface area contributed by atoms with Gasteiger partial charge >= 0.3 is 0 Å². The standard InChI is InChI=1S/C25H24N8O4S/c34-22-11-24(27-13-18(22)2-1-17-12-28-32(15-17)20-6-9-37-10-7-20)30-23-5-8-26-25(31-23)19-14-29-33(16-19)38(35,36)21-3-4-21/h5,8,12-16,20-21H,3-4,6-7,9-11H2,(H,26,27,30,31). The predicted molar refractivity (Wildman–Crippen MR) is 138 cm³/mol. The molecular formula is C25H24N8O4S. The Kier molecular flexibility index (Phi) is 6.34. The fourth-order valence-electron chi connectivity index (χ4n) is 4.17. The van der Waals surface area contributed by atoms with Crippen LogP contribution in [0.25, 0.3) is 11.4 Å². The van der Waals surface area contributed by atoms with Crippen LogP contribution in [0.15, 0.2) is 53.8 Å². The van der Waals surface area contributed by atoms with Gasteiger partial charge < -0.3 is 10.1 Å². The minimum atomic E-state index is -3.47. The molecule has 1 saturated carbocycles. The Hall–Kier alpha value is -4.15. The van der Waals surface area contributed by atoms with E-state index in [1.54, 1.807) is 12.3 Å². The number of nitrogens with one attached hydrogen (secondary N) is 1. The third-order valence-electron chi connectivity index (χ3n) is 6.44. The number of ether oxygens (including phenoxy) is 1. The first-order valence-electron chi connectivity index (χ1n) is 12.3. The zero-order chi connectivity index (χ0) is 26.1. The number of carbonyl (C=O) groups excluding carboxylic acids is 1. The van der Waals surface area contributed by atoms with Crippen molar-refractivity contribution in [1.29, 1.82) is 0 Å². The second-order valence-corrected chi connectivity index (χ2v) is 11.3. The normalized spacial score (nSPS) is 18.4. The van der Waals surface area contributed by atoms with Gasteiger partial charge in [-0.25, -0.2) is 23.4 Å². The first-order chi connectivity index (χ1) is 18.5. The zero-order valence-electron chi connectivity index (χ0n) is 20.3. The molecule has 3 aromatic rings. The van der Waals surface area contributed by atoms with Crippen molar-refractivity contribution in [2.45, 2.75) is 43.4 Å². The molecule has 0 amide bonds. The number of anilines is 1. The van der Waals surface area contributed by atoms with Gasteiger partial charge in [0.05, 0.1) is 53.0 Å². The Morgan fingerprint density at radius 2 is 1.89 bits per heavy atom. The Labute approximate surface area is 218 Å². The monoisotopic (exact) mass is 532 g/mol. The lowest BCUT2D eigenvalue weighted by Crippen LogP contribution is -2.21. The predicted octanol–water partition coefficient (Wildman–Crippen LogP) is 1.95. The third-order valence-corrected chi connectivity index (χ3v) is 8.47. The van der Waals surface area contributed by atoms with Crippen LogP contribution < -0.4 is 5.32 Å². The summed E-state index contributed by atoms with van der Waals surface area (Å²) in [6.45, 7) is 1.46. The molecule has 3 aliphatic rings. The molecule has 194 valence electrons. The van der Waals surface area contributed by atoms with E-state index in [2.05, 4.69) is 42.3 Å². The molecule has 0 aromatic carbocycles. The van der Waals surface area contributed by atoms with Crippen molar-refractivity contribution in [3.63, 3.8) is 0 Å². The maximum atomic E-state index is 12.7. The molecule has 1 saturated heterocycles. The van der Waals surface area contributed by atoms with Crippen LogP contribution in [-0.4, -0.2) is 67.4 Å². The molecule has 0 atom stereocenters. The van der Waals surface area contributed by atoms with E-state index in [-0.39, 0.29) is 17.5 Å². The molecule has 13 heteroatoms. The fourth-order valence-corrected chi connectivity index (χ4v) is 5.65. The van der Waals surface area contributed by atoms with Gasteiger partial charge in [-0.05, 0) is 31.7 Å². The summed E-state index contributed by atoms with van der Waals surface area (Å²) in [4.78, 5) is 25.7. The highest BCUT2D eigenvalue weighted by molar-refractivity contribution is 7.90. The van der Waals surface area contributed by atoms with Gasteiger partial charge in [-0.2, -0.15) is 14.3 Å². The second-order valence-electron chi connectivity index (χ2n) is 9.26. The highest BCUT2D eigenvalue weighted by Gasteiger charge is 2.37. The summed E-state index contributed by atoms with van der Waals surface area (Å²) in [7, 11) is -3.47. The molecular weight excluding hydrogens is 508 g/mol. The molecule has 12 nitrogen and oxygen atoms in total. The van der Waals surface area contributed by atoms with Crippen molar-refractivity contribution in [2.75, 3.05) is 18.5 Å². The highest BCUT2D eigenvalue weighted by Crippen LogP contribution is 2.30. The van der Waals surface area contributed by atoms with Crippen LogP contribution in [0, 0.1) is 11.8 Å². The number of Topliss-reactive ketones (excluding diaryl/α,β-unsaturated/α-hetero) is 1. The first kappa shape index (κ1) is 24.2. The van der Waals surface area contributed by atoms with Crippen LogP contribution in [0.2, 0.25) is 0 Å². The van der Waals surface area contributed by atoms with Crippen LogP contribution in [0.3, 0.4) is 0 Å². The summed E-state index contributed by atoms with van der Waals surface area (Å²) in [5, 5.41) is 11.1. The van der Waals surface area contributed by atoms with Crippen LogP contribution in [0.1, 0.15) is 43.7 Å². The smallest absolute Gasteiger partial charge is 0.256 e. The summed E-state index contributed by atoms with van der Waals surface area (Å²) in [5.74, 6) is 6.90. The maximum Gasteiger partial charge on any atom is 0.256 e. The number of nitrogens with zero attached hydrogens (tertiary/aromatic N) is 7. The molecule has 1 aliphatic carbocycles. The molecule has 6 rings (SSSR count). The number of carbonyl (C=O) groups is 1. The maximum absolute atomic E-state index is 12.7. The molecule has 0 bridgehead atoms. The van der Waals surface area contributed by atoms with Gasteiger partial charge in [-0.1, -0.05) is 11.8 Å². The Morgan fingerprint density at radius 1 is 1.05 bits per heavy atom. The van der Waals surface area contributed by atoms with Crippen LogP contribution in [-0.2, 0) is 19.6 Å². The van der Waals surface area contributed by atoms with E-state index in [1.807, 2.05) is 10.9 Å². The van der Waals surface area contributed by atoms with Gasteiger partial charge in [-0.3, -0.25) is 9.48 Å². The summed E-state index contributed by atoms with van der Waals surface area (Å²) >= 11 is 0. The third kappa shape index (κ3) is 5.13. The molecule has 2 fully saturated rings. The van der Waals surface area contributed by atoms with Crippen molar-refractivity contribution in [3.05, 3.63) is 54.4 Å². The average molecular weight is 533 g/mol. The molecule has 5 heterocycles. The molecule has 2 aliphatic heterocycles. The topological polar surface area (TPSA) is 146 Å². The van der Waals surface area contributed by atoms with E-state index in [0.717, 1.165) is 35.7 Å². The summed E-state index contributed by atoms with van der Waals surface area (Å²) in [6, 6.07) is 1.94. The number of amidine groups is 1. The molecule has 0 spiro atoms. The van der Waals surface area contributed by atoms with Gasteiger partial charge in [0, 0.05) is 31.8 Å². The minimum Gasteiger partial charge on any atom is -0.381 e. The van der Waals surface area contributed by atoms with E-state index in [9.17, 15) is 13.2 Å². The number of aliphatic imine (C=N–C) groups is 1. The Morgan fingerprint density at radius 3 is 2.68 bits per heavy atom. The Balaban J connectivity index is 1.13. The fraction of sp³-hybridized carbons (Fsp3) is 0.360. The molecule has 38 heavy (non-hydrogen) atoms. The van der Waals surface area contributed by atoms with Gasteiger partial charge in [0.15, 0.2) is 11.6 Å². The molecule has 1 N–H and O–H groups in total. The number of rotatable bonds is 5. The first-order valence-corrected chi connectivity index (χ1v) is 13.8. The van der Waals surface area contributed by atoms with E-state index in [4.69, 9.17) is 4.74 Å². The second kappa shape index (κ2) is 9.96. The number of allylic oxidation sites excluding steroid dienone is 1. The quantitative estimate of drug-likeness (QED) is 0.487. The lowest BCUT2D eigenvalue weighted by atomic mass is 10.1. The molecule has 3 aromatic heterocycles. The summed E-state index contributed by atoms with van der Waals surface area (Å²) in [6.07, 6.45) is 12.6. The van der Waals surface area contributed by atoms with Gasteiger partial charge in [0.1, 0.15) is 11.7 Å². The van der Waals surface area contributed by atoms with Gasteiger partial charge in [0.25, 0.3) is 10.0 Å². The van der Waals surface area contributed by atoms with Crippen molar-refractivity contribution < 1.29 is 17.9 Å². The van der Waals surface area contributed by atoms with Crippen LogP contribution in [0.5, 0.6) is 0 Å². The molecule has 0 radical (unpaired) electrons. The largest absolute Gasteiger partial charge is 0.381 e. The van der Waals surface area contributed by atoms with Crippen molar-refractivity contribution in [2.24, 2.45) is 4.99 Å². The number of hydrogen-bond acceptors (Lipinski definition) is 10. The minimum absolute atomic E-state index is 0.0404. The van der Waals surface area contributed by atoms with Gasteiger partial charge in [-0.15, -0.1) is 0 Å². The average Bonchev–Trinajstić information content (AvgIpc) is 3.48. The SMILES string of the molecule is O=C1CC(Nc2ccnc(-c3cnn(S(=O)(=O)C4CC4)c3)n2)=NC=C1C#Cc1cnn(C2CCOCC2)c1. The lowest BCUT2D eigenvalue weighted by Gasteiger charge is -2.22. The Bertz CT molecular complexity index is 1620. The zero-order valence-corrected chi connectivity index (χ0v) is 21.1. The van der Waals surface area contributed by atoms with Crippen molar-refractivity contribution in [3.8, 4) is 23.2 Å². The van der Waals surface area contributed by atoms with E-state index in [1.165, 1.54) is 24.8 Å². The van der Waals surface area contributed by atoms with Gasteiger partial charge in [0.2, 0.25) is 0 Å². The van der Waals surface area contributed by atoms with E-state index in [0.29, 0.717) is 47.5 Å².